The highest BCUT2D eigenvalue weighted by Crippen LogP contribution is 2.23. The minimum absolute atomic E-state index is 0.109. The van der Waals surface area contributed by atoms with Gasteiger partial charge in [0, 0.05) is 17.6 Å². The standard InChI is InChI=1S/C27H36ClN3O4S/c1-4-25(27(33)29-23-8-6-5-7-9-23)30(18-21-12-10-20(2)11-13-21)26(32)19-31(36(3,34)35)24-16-14-22(28)15-17-24/h10-17,23,25H,4-9,18-19H2,1-3H3,(H,29,33). The summed E-state index contributed by atoms with van der Waals surface area (Å²) in [4.78, 5) is 28.6. The first-order valence-corrected chi connectivity index (χ1v) is 14.7. The maximum absolute atomic E-state index is 13.7. The van der Waals surface area contributed by atoms with Gasteiger partial charge in [0.2, 0.25) is 21.8 Å². The van der Waals surface area contributed by atoms with E-state index in [0.29, 0.717) is 17.1 Å². The largest absolute Gasteiger partial charge is 0.352 e. The van der Waals surface area contributed by atoms with Gasteiger partial charge in [0.05, 0.1) is 11.9 Å². The van der Waals surface area contributed by atoms with Gasteiger partial charge in [0.1, 0.15) is 12.6 Å². The minimum atomic E-state index is -3.77. The Morgan fingerprint density at radius 2 is 1.64 bits per heavy atom. The third-order valence-electron chi connectivity index (χ3n) is 6.60. The van der Waals surface area contributed by atoms with E-state index in [1.54, 1.807) is 24.3 Å². The van der Waals surface area contributed by atoms with Crippen LogP contribution in [0.25, 0.3) is 0 Å². The molecule has 0 saturated heterocycles. The van der Waals surface area contributed by atoms with Gasteiger partial charge < -0.3 is 10.2 Å². The maximum atomic E-state index is 13.7. The molecular formula is C27H36ClN3O4S. The molecule has 36 heavy (non-hydrogen) atoms. The van der Waals surface area contributed by atoms with Gasteiger partial charge in [-0.25, -0.2) is 8.42 Å². The molecule has 1 saturated carbocycles. The number of sulfonamides is 1. The molecule has 9 heteroatoms. The number of halogens is 1. The van der Waals surface area contributed by atoms with E-state index in [-0.39, 0.29) is 18.5 Å². The van der Waals surface area contributed by atoms with Crippen LogP contribution in [-0.2, 0) is 26.2 Å². The molecule has 1 N–H and O–H groups in total. The van der Waals surface area contributed by atoms with E-state index in [1.807, 2.05) is 38.1 Å². The monoisotopic (exact) mass is 533 g/mol. The van der Waals surface area contributed by atoms with Crippen LogP contribution < -0.4 is 9.62 Å². The topological polar surface area (TPSA) is 86.8 Å². The first-order valence-electron chi connectivity index (χ1n) is 12.5. The van der Waals surface area contributed by atoms with Crippen LogP contribution in [0, 0.1) is 6.92 Å². The maximum Gasteiger partial charge on any atom is 0.244 e. The molecule has 3 rings (SSSR count). The number of carbonyl (C=O) groups is 2. The van der Waals surface area contributed by atoms with Gasteiger partial charge in [-0.1, -0.05) is 67.6 Å². The first kappa shape index (κ1) is 28.0. The second-order valence-electron chi connectivity index (χ2n) is 9.52. The van der Waals surface area contributed by atoms with Crippen LogP contribution in [0.15, 0.2) is 48.5 Å². The molecule has 0 aromatic heterocycles. The van der Waals surface area contributed by atoms with Crippen molar-refractivity contribution in [1.82, 2.24) is 10.2 Å². The lowest BCUT2D eigenvalue weighted by atomic mass is 9.95. The lowest BCUT2D eigenvalue weighted by Gasteiger charge is -2.34. The number of nitrogens with one attached hydrogen (secondary N) is 1. The fourth-order valence-electron chi connectivity index (χ4n) is 4.58. The second-order valence-corrected chi connectivity index (χ2v) is 11.9. The zero-order chi connectivity index (χ0) is 26.3. The summed E-state index contributed by atoms with van der Waals surface area (Å²) in [5.41, 5.74) is 2.30. The molecule has 196 valence electrons. The average Bonchev–Trinajstić information content (AvgIpc) is 2.84. The molecular weight excluding hydrogens is 498 g/mol. The van der Waals surface area contributed by atoms with Gasteiger partial charge >= 0.3 is 0 Å². The number of amides is 2. The van der Waals surface area contributed by atoms with Crippen LogP contribution in [0.4, 0.5) is 5.69 Å². The number of nitrogens with zero attached hydrogens (tertiary/aromatic N) is 2. The number of rotatable bonds is 10. The molecule has 1 aliphatic rings. The van der Waals surface area contributed by atoms with Gasteiger partial charge in [-0.05, 0) is 56.0 Å². The van der Waals surface area contributed by atoms with Crippen LogP contribution in [-0.4, -0.2) is 50.0 Å². The molecule has 0 heterocycles. The number of hydrogen-bond donors (Lipinski definition) is 1. The number of benzene rings is 2. The summed E-state index contributed by atoms with van der Waals surface area (Å²) in [5.74, 6) is -0.635. The second kappa shape index (κ2) is 12.6. The van der Waals surface area contributed by atoms with E-state index in [0.717, 1.165) is 47.4 Å². The van der Waals surface area contributed by atoms with Crippen molar-refractivity contribution in [1.29, 1.82) is 0 Å². The first-order chi connectivity index (χ1) is 17.1. The van der Waals surface area contributed by atoms with Crippen molar-refractivity contribution in [3.8, 4) is 0 Å². The number of anilines is 1. The van der Waals surface area contributed by atoms with Crippen molar-refractivity contribution >= 4 is 39.1 Å². The van der Waals surface area contributed by atoms with Crippen LogP contribution in [0.1, 0.15) is 56.6 Å². The fraction of sp³-hybridized carbons (Fsp3) is 0.481. The van der Waals surface area contributed by atoms with E-state index in [4.69, 9.17) is 11.6 Å². The summed E-state index contributed by atoms with van der Waals surface area (Å²) in [6.45, 7) is 3.64. The van der Waals surface area contributed by atoms with Crippen LogP contribution in [0.5, 0.6) is 0 Å². The summed E-state index contributed by atoms with van der Waals surface area (Å²) in [6, 6.07) is 13.4. The summed E-state index contributed by atoms with van der Waals surface area (Å²) < 4.78 is 26.4. The van der Waals surface area contributed by atoms with Crippen molar-refractivity contribution in [2.24, 2.45) is 0 Å². The Labute approximate surface area is 219 Å². The molecule has 1 atom stereocenters. The van der Waals surface area contributed by atoms with Gasteiger partial charge in [-0.3, -0.25) is 13.9 Å². The van der Waals surface area contributed by atoms with E-state index in [9.17, 15) is 18.0 Å². The quantitative estimate of drug-likeness (QED) is 0.481. The summed E-state index contributed by atoms with van der Waals surface area (Å²) >= 11 is 5.98. The van der Waals surface area contributed by atoms with E-state index >= 15 is 0 Å². The molecule has 2 aromatic rings. The Bertz CT molecular complexity index is 1130. The third kappa shape index (κ3) is 7.71. The average molecular weight is 534 g/mol. The molecule has 1 aliphatic carbocycles. The van der Waals surface area contributed by atoms with E-state index < -0.39 is 28.5 Å². The molecule has 0 radical (unpaired) electrons. The predicted molar refractivity (Wildman–Crippen MR) is 144 cm³/mol. The Kier molecular flexibility index (Phi) is 9.79. The van der Waals surface area contributed by atoms with Crippen molar-refractivity contribution in [2.45, 2.75) is 71.0 Å². The van der Waals surface area contributed by atoms with Crippen molar-refractivity contribution in [3.63, 3.8) is 0 Å². The zero-order valence-corrected chi connectivity index (χ0v) is 22.8. The number of hydrogen-bond acceptors (Lipinski definition) is 4. The Morgan fingerprint density at radius 3 is 2.19 bits per heavy atom. The Morgan fingerprint density at radius 1 is 1.03 bits per heavy atom. The zero-order valence-electron chi connectivity index (χ0n) is 21.2. The highest BCUT2D eigenvalue weighted by molar-refractivity contribution is 7.92. The predicted octanol–water partition coefficient (Wildman–Crippen LogP) is 4.67. The van der Waals surface area contributed by atoms with Crippen molar-refractivity contribution in [3.05, 3.63) is 64.7 Å². The van der Waals surface area contributed by atoms with Gasteiger partial charge in [-0.15, -0.1) is 0 Å². The summed E-state index contributed by atoms with van der Waals surface area (Å²) in [6.07, 6.45) is 6.69. The van der Waals surface area contributed by atoms with E-state index in [2.05, 4.69) is 5.32 Å². The smallest absolute Gasteiger partial charge is 0.244 e. The minimum Gasteiger partial charge on any atom is -0.352 e. The normalized spacial score (nSPS) is 15.2. The third-order valence-corrected chi connectivity index (χ3v) is 8.00. The molecule has 0 aliphatic heterocycles. The molecule has 2 amide bonds. The van der Waals surface area contributed by atoms with Crippen LogP contribution in [0.2, 0.25) is 5.02 Å². The number of aryl methyl sites for hydroxylation is 1. The number of carbonyl (C=O) groups excluding carboxylic acids is 2. The summed E-state index contributed by atoms with van der Waals surface area (Å²) in [5, 5.41) is 3.61. The van der Waals surface area contributed by atoms with Crippen LogP contribution in [0.3, 0.4) is 0 Å². The van der Waals surface area contributed by atoms with Crippen LogP contribution >= 0.6 is 11.6 Å². The molecule has 0 bridgehead atoms. The van der Waals surface area contributed by atoms with Crippen molar-refractivity contribution < 1.29 is 18.0 Å². The lowest BCUT2D eigenvalue weighted by molar-refractivity contribution is -0.140. The lowest BCUT2D eigenvalue weighted by Crippen LogP contribution is -2.53. The van der Waals surface area contributed by atoms with Gasteiger partial charge in [-0.2, -0.15) is 0 Å². The summed E-state index contributed by atoms with van der Waals surface area (Å²) in [7, 11) is -3.77. The Hall–Kier alpha value is -2.58. The van der Waals surface area contributed by atoms with Gasteiger partial charge in [0.25, 0.3) is 0 Å². The van der Waals surface area contributed by atoms with E-state index in [1.165, 1.54) is 11.3 Å². The molecule has 1 unspecified atom stereocenters. The molecule has 0 spiro atoms. The van der Waals surface area contributed by atoms with Crippen molar-refractivity contribution in [2.75, 3.05) is 17.1 Å². The highest BCUT2D eigenvalue weighted by Gasteiger charge is 2.32. The highest BCUT2D eigenvalue weighted by atomic mass is 35.5. The SMILES string of the molecule is CCC(C(=O)NC1CCCCC1)N(Cc1ccc(C)cc1)C(=O)CN(c1ccc(Cl)cc1)S(C)(=O)=O. The van der Waals surface area contributed by atoms with Gasteiger partial charge in [0.15, 0.2) is 0 Å². The molecule has 2 aromatic carbocycles. The fourth-order valence-corrected chi connectivity index (χ4v) is 5.55. The molecule has 7 nitrogen and oxygen atoms in total. The molecule has 1 fully saturated rings. The Balaban J connectivity index is 1.89.